The number of rotatable bonds is 9. The number of anilines is 1. The lowest BCUT2D eigenvalue weighted by molar-refractivity contribution is -0.118. The van der Waals surface area contributed by atoms with Gasteiger partial charge in [0.05, 0.1) is 11.6 Å². The zero-order valence-electron chi connectivity index (χ0n) is 14.8. The fourth-order valence-corrected chi connectivity index (χ4v) is 2.29. The zero-order chi connectivity index (χ0) is 18.9. The summed E-state index contributed by atoms with van der Waals surface area (Å²) in [5.41, 5.74) is 0.636. The number of benzene rings is 2. The average molecular weight is 381 g/mol. The number of carbonyl (C=O) groups excluding carboxylic acids is 1. The molecule has 2 aromatic carbocycles. The molecule has 0 unspecified atom stereocenters. The first-order valence-electron chi connectivity index (χ1n) is 8.19. The van der Waals surface area contributed by atoms with E-state index in [0.717, 1.165) is 18.7 Å². The molecule has 140 valence electrons. The summed E-state index contributed by atoms with van der Waals surface area (Å²) >= 11 is 5.66. The van der Waals surface area contributed by atoms with E-state index in [1.54, 1.807) is 24.3 Å². The monoisotopic (exact) mass is 380 g/mol. The molecule has 2 rings (SSSR count). The van der Waals surface area contributed by atoms with E-state index in [-0.39, 0.29) is 17.5 Å². The van der Waals surface area contributed by atoms with Crippen LogP contribution in [0.2, 0.25) is 5.02 Å². The number of amides is 1. The Hall–Kier alpha value is -2.31. The Morgan fingerprint density at radius 2 is 1.81 bits per heavy atom. The Labute approximate surface area is 157 Å². The normalized spacial score (nSPS) is 10.7. The first-order valence-corrected chi connectivity index (χ1v) is 8.57. The Balaban J connectivity index is 1.75. The Kier molecular flexibility index (Phi) is 7.69. The molecule has 2 aromatic rings. The summed E-state index contributed by atoms with van der Waals surface area (Å²) in [7, 11) is 4.04. The van der Waals surface area contributed by atoms with Gasteiger partial charge in [-0.25, -0.2) is 4.39 Å². The standard InChI is InChI=1S/C19H22ClFN2O3/c1-23(2)10-3-11-25-15-6-4-14(5-7-15)22-19(24)13-26-16-8-9-18(21)17(20)12-16/h4-9,12H,3,10-11,13H2,1-2H3,(H,22,24). The van der Waals surface area contributed by atoms with Gasteiger partial charge < -0.3 is 19.7 Å². The molecule has 1 N–H and O–H groups in total. The van der Waals surface area contributed by atoms with E-state index in [0.29, 0.717) is 18.0 Å². The predicted octanol–water partition coefficient (Wildman–Crippen LogP) is 3.83. The van der Waals surface area contributed by atoms with Crippen molar-refractivity contribution in [1.29, 1.82) is 0 Å². The lowest BCUT2D eigenvalue weighted by Crippen LogP contribution is -2.20. The number of nitrogens with one attached hydrogen (secondary N) is 1. The van der Waals surface area contributed by atoms with Crippen molar-refractivity contribution in [2.75, 3.05) is 39.2 Å². The van der Waals surface area contributed by atoms with Crippen molar-refractivity contribution in [3.8, 4) is 11.5 Å². The largest absolute Gasteiger partial charge is 0.494 e. The molecule has 0 atom stereocenters. The van der Waals surface area contributed by atoms with E-state index in [1.807, 2.05) is 14.1 Å². The fraction of sp³-hybridized carbons (Fsp3) is 0.316. The highest BCUT2D eigenvalue weighted by Gasteiger charge is 2.06. The highest BCUT2D eigenvalue weighted by atomic mass is 35.5. The van der Waals surface area contributed by atoms with Gasteiger partial charge in [0.2, 0.25) is 0 Å². The predicted molar refractivity (Wildman–Crippen MR) is 101 cm³/mol. The van der Waals surface area contributed by atoms with Crippen LogP contribution in [0.3, 0.4) is 0 Å². The van der Waals surface area contributed by atoms with Crippen LogP contribution in [0.4, 0.5) is 10.1 Å². The molecule has 26 heavy (non-hydrogen) atoms. The topological polar surface area (TPSA) is 50.8 Å². The Morgan fingerprint density at radius 3 is 2.46 bits per heavy atom. The van der Waals surface area contributed by atoms with Gasteiger partial charge in [-0.15, -0.1) is 0 Å². The summed E-state index contributed by atoms with van der Waals surface area (Å²) < 4.78 is 24.0. The lowest BCUT2D eigenvalue weighted by Gasteiger charge is -2.11. The summed E-state index contributed by atoms with van der Waals surface area (Å²) in [6.07, 6.45) is 0.941. The molecule has 0 heterocycles. The van der Waals surface area contributed by atoms with Gasteiger partial charge in [0, 0.05) is 18.3 Å². The minimum absolute atomic E-state index is 0.0518. The number of ether oxygens (including phenoxy) is 2. The number of halogens is 2. The molecule has 5 nitrogen and oxygen atoms in total. The highest BCUT2D eigenvalue weighted by Crippen LogP contribution is 2.21. The maximum Gasteiger partial charge on any atom is 0.262 e. The molecular weight excluding hydrogens is 359 g/mol. The van der Waals surface area contributed by atoms with Crippen molar-refractivity contribution in [2.45, 2.75) is 6.42 Å². The summed E-state index contributed by atoms with van der Waals surface area (Å²) in [6.45, 7) is 1.40. The number of hydrogen-bond acceptors (Lipinski definition) is 4. The van der Waals surface area contributed by atoms with Gasteiger partial charge in [-0.1, -0.05) is 11.6 Å². The highest BCUT2D eigenvalue weighted by molar-refractivity contribution is 6.30. The van der Waals surface area contributed by atoms with E-state index >= 15 is 0 Å². The molecule has 0 spiro atoms. The van der Waals surface area contributed by atoms with Crippen LogP contribution < -0.4 is 14.8 Å². The van der Waals surface area contributed by atoms with E-state index in [9.17, 15) is 9.18 Å². The fourth-order valence-electron chi connectivity index (χ4n) is 2.12. The van der Waals surface area contributed by atoms with Crippen LogP contribution >= 0.6 is 11.6 Å². The minimum atomic E-state index is -0.535. The first-order chi connectivity index (χ1) is 12.4. The third-order valence-electron chi connectivity index (χ3n) is 3.42. The van der Waals surface area contributed by atoms with Crippen molar-refractivity contribution in [3.63, 3.8) is 0 Å². The van der Waals surface area contributed by atoms with Gasteiger partial charge in [0.25, 0.3) is 5.91 Å². The van der Waals surface area contributed by atoms with E-state index < -0.39 is 5.82 Å². The smallest absolute Gasteiger partial charge is 0.262 e. The number of carbonyl (C=O) groups is 1. The van der Waals surface area contributed by atoms with Crippen LogP contribution in [0.5, 0.6) is 11.5 Å². The van der Waals surface area contributed by atoms with E-state index in [4.69, 9.17) is 21.1 Å². The maximum atomic E-state index is 13.1. The molecule has 0 aromatic heterocycles. The molecule has 0 aliphatic carbocycles. The SMILES string of the molecule is CN(C)CCCOc1ccc(NC(=O)COc2ccc(F)c(Cl)c2)cc1. The quantitative estimate of drug-likeness (QED) is 0.672. The second kappa shape index (κ2) is 9.99. The minimum Gasteiger partial charge on any atom is -0.494 e. The second-order valence-electron chi connectivity index (χ2n) is 5.94. The van der Waals surface area contributed by atoms with Gasteiger partial charge in [0.15, 0.2) is 6.61 Å². The van der Waals surface area contributed by atoms with Gasteiger partial charge in [-0.2, -0.15) is 0 Å². The molecule has 0 aliphatic rings. The molecule has 0 fully saturated rings. The maximum absolute atomic E-state index is 13.1. The van der Waals surface area contributed by atoms with E-state index in [2.05, 4.69) is 10.2 Å². The number of hydrogen-bond donors (Lipinski definition) is 1. The van der Waals surface area contributed by atoms with Crippen molar-refractivity contribution >= 4 is 23.2 Å². The Morgan fingerprint density at radius 1 is 1.12 bits per heavy atom. The molecule has 1 amide bonds. The molecule has 0 bridgehead atoms. The van der Waals surface area contributed by atoms with Crippen LogP contribution in [0, 0.1) is 5.82 Å². The average Bonchev–Trinajstić information content (AvgIpc) is 2.61. The van der Waals surface area contributed by atoms with Crippen LogP contribution in [-0.4, -0.2) is 44.7 Å². The van der Waals surface area contributed by atoms with Crippen molar-refractivity contribution in [2.24, 2.45) is 0 Å². The summed E-state index contributed by atoms with van der Waals surface area (Å²) in [5, 5.41) is 2.66. The Bertz CT molecular complexity index is 723. The van der Waals surface area contributed by atoms with E-state index in [1.165, 1.54) is 18.2 Å². The molecular formula is C19H22ClFN2O3. The van der Waals surface area contributed by atoms with Gasteiger partial charge in [0.1, 0.15) is 17.3 Å². The van der Waals surface area contributed by atoms with Crippen LogP contribution in [-0.2, 0) is 4.79 Å². The van der Waals surface area contributed by atoms with Crippen molar-refractivity contribution in [3.05, 3.63) is 53.3 Å². The van der Waals surface area contributed by atoms with Gasteiger partial charge >= 0.3 is 0 Å². The van der Waals surface area contributed by atoms with Gasteiger partial charge in [-0.05, 0) is 56.9 Å². The first kappa shape index (κ1) is 20.0. The zero-order valence-corrected chi connectivity index (χ0v) is 15.6. The summed E-state index contributed by atoms with van der Waals surface area (Å²) in [5.74, 6) is 0.213. The van der Waals surface area contributed by atoms with Crippen LogP contribution in [0.15, 0.2) is 42.5 Å². The van der Waals surface area contributed by atoms with Crippen LogP contribution in [0.1, 0.15) is 6.42 Å². The summed E-state index contributed by atoms with van der Waals surface area (Å²) in [6, 6.07) is 11.0. The second-order valence-corrected chi connectivity index (χ2v) is 6.35. The van der Waals surface area contributed by atoms with Gasteiger partial charge in [-0.3, -0.25) is 4.79 Å². The van der Waals surface area contributed by atoms with Crippen molar-refractivity contribution in [1.82, 2.24) is 4.90 Å². The third kappa shape index (κ3) is 6.90. The van der Waals surface area contributed by atoms with Crippen molar-refractivity contribution < 1.29 is 18.7 Å². The molecule has 0 radical (unpaired) electrons. The van der Waals surface area contributed by atoms with Crippen LogP contribution in [0.25, 0.3) is 0 Å². The molecule has 0 saturated carbocycles. The molecule has 0 aliphatic heterocycles. The lowest BCUT2D eigenvalue weighted by atomic mass is 10.3. The molecule has 0 saturated heterocycles. The number of nitrogens with zero attached hydrogens (tertiary/aromatic N) is 1. The third-order valence-corrected chi connectivity index (χ3v) is 3.71. The summed E-state index contributed by atoms with van der Waals surface area (Å²) in [4.78, 5) is 14.0. The molecule has 7 heteroatoms.